The van der Waals surface area contributed by atoms with Crippen molar-refractivity contribution in [3.8, 4) is 0 Å². The molecule has 2 aromatic rings. The van der Waals surface area contributed by atoms with Crippen molar-refractivity contribution in [1.82, 2.24) is 0 Å². The third-order valence-corrected chi connectivity index (χ3v) is 12.0. The van der Waals surface area contributed by atoms with E-state index in [1.165, 1.54) is 36.8 Å². The predicted octanol–water partition coefficient (Wildman–Crippen LogP) is 11.6. The second-order valence-corrected chi connectivity index (χ2v) is 16.5. The van der Waals surface area contributed by atoms with Crippen LogP contribution in [-0.2, 0) is 21.7 Å². The van der Waals surface area contributed by atoms with E-state index in [4.69, 9.17) is 4.98 Å². The van der Waals surface area contributed by atoms with Crippen molar-refractivity contribution in [2.45, 2.75) is 84.5 Å². The molecule has 0 bridgehead atoms. The van der Waals surface area contributed by atoms with Gasteiger partial charge in [-0.25, -0.2) is 0 Å². The molecular weight excluding hydrogens is 522 g/mol. The largest absolute Gasteiger partial charge is 4.00 e. The molecule has 2 fully saturated rings. The molecule has 214 valence electrons. The fraction of sp³-hybridized carbons (Fsp3) is 0.472. The van der Waals surface area contributed by atoms with Crippen LogP contribution in [0.3, 0.4) is 0 Å². The van der Waals surface area contributed by atoms with Crippen LogP contribution in [0.2, 0.25) is 18.6 Å². The molecule has 2 aliphatic rings. The SMILES string of the molecule is C(/C=C/c1ccccc1)=C\c1ccccc1.CC1C(C)C([Si](C)(C)[N-]C(C)(C)C)C2CCCCC12.[CH3-].[CH3-].[CH3-].[Ti+4]. The van der Waals surface area contributed by atoms with Crippen molar-refractivity contribution in [1.29, 1.82) is 0 Å². The fourth-order valence-corrected chi connectivity index (χ4v) is 11.9. The minimum absolute atomic E-state index is 0. The molecule has 2 aliphatic carbocycles. The van der Waals surface area contributed by atoms with Gasteiger partial charge in [-0.05, 0) is 41.2 Å². The van der Waals surface area contributed by atoms with Gasteiger partial charge in [-0.2, -0.15) is 0 Å². The van der Waals surface area contributed by atoms with E-state index >= 15 is 0 Å². The molecule has 0 aliphatic heterocycles. The molecule has 3 heteroatoms. The molecule has 0 aromatic heterocycles. The van der Waals surface area contributed by atoms with E-state index in [1.807, 2.05) is 36.4 Å². The normalized spacial score (nSPS) is 24.2. The summed E-state index contributed by atoms with van der Waals surface area (Å²) in [7, 11) is -1.49. The van der Waals surface area contributed by atoms with Gasteiger partial charge in [0.15, 0.2) is 0 Å². The summed E-state index contributed by atoms with van der Waals surface area (Å²) in [6.45, 7) is 17.0. The molecule has 0 spiro atoms. The van der Waals surface area contributed by atoms with Crippen LogP contribution in [0.15, 0.2) is 72.8 Å². The molecule has 5 unspecified atom stereocenters. The Bertz CT molecular complexity index is 898. The number of benzene rings is 2. The Labute approximate surface area is 260 Å². The number of nitrogens with zero attached hydrogens (tertiary/aromatic N) is 1. The van der Waals surface area contributed by atoms with Gasteiger partial charge >= 0.3 is 21.7 Å². The zero-order chi connectivity index (χ0) is 25.5. The van der Waals surface area contributed by atoms with Crippen LogP contribution in [0.5, 0.6) is 0 Å². The maximum Gasteiger partial charge on any atom is 4.00 e. The van der Waals surface area contributed by atoms with Gasteiger partial charge in [0.25, 0.3) is 0 Å². The van der Waals surface area contributed by atoms with Gasteiger partial charge in [0.05, 0.1) is 0 Å². The fourth-order valence-electron chi connectivity index (χ4n) is 6.96. The first-order valence-corrected chi connectivity index (χ1v) is 16.8. The van der Waals surface area contributed by atoms with Crippen LogP contribution in [0.1, 0.15) is 71.4 Å². The molecule has 2 aromatic carbocycles. The molecule has 0 saturated heterocycles. The van der Waals surface area contributed by atoms with E-state index in [1.54, 1.807) is 0 Å². The maximum atomic E-state index is 5.34. The Morgan fingerprint density at radius 3 is 1.51 bits per heavy atom. The van der Waals surface area contributed by atoms with Gasteiger partial charge in [-0.15, -0.1) is 5.54 Å². The number of fused-ring (bicyclic) bond motifs is 1. The first kappa shape index (κ1) is 40.0. The first-order valence-electron chi connectivity index (χ1n) is 13.8. The summed E-state index contributed by atoms with van der Waals surface area (Å²) in [4.78, 5) is 5.34. The van der Waals surface area contributed by atoms with E-state index in [-0.39, 0.29) is 49.5 Å². The van der Waals surface area contributed by atoms with Crippen molar-refractivity contribution in [3.63, 3.8) is 0 Å². The van der Waals surface area contributed by atoms with E-state index in [2.05, 4.69) is 96.3 Å². The summed E-state index contributed by atoms with van der Waals surface area (Å²) in [5, 5.41) is 0. The van der Waals surface area contributed by atoms with E-state index < -0.39 is 8.24 Å². The second-order valence-electron chi connectivity index (χ2n) is 12.3. The predicted molar refractivity (Wildman–Crippen MR) is 178 cm³/mol. The van der Waals surface area contributed by atoms with Crippen molar-refractivity contribution in [2.24, 2.45) is 23.7 Å². The van der Waals surface area contributed by atoms with Crippen molar-refractivity contribution >= 4 is 20.4 Å². The van der Waals surface area contributed by atoms with E-state index in [0.717, 1.165) is 29.2 Å². The average Bonchev–Trinajstić information content (AvgIpc) is 3.08. The number of rotatable bonds is 5. The molecule has 0 radical (unpaired) electrons. The Morgan fingerprint density at radius 1 is 0.692 bits per heavy atom. The Morgan fingerprint density at radius 2 is 1.10 bits per heavy atom. The maximum absolute atomic E-state index is 5.34. The van der Waals surface area contributed by atoms with Gasteiger partial charge in [0, 0.05) is 0 Å². The van der Waals surface area contributed by atoms with Crippen molar-refractivity contribution in [3.05, 3.63) is 111 Å². The van der Waals surface area contributed by atoms with Gasteiger partial charge < -0.3 is 27.3 Å². The third kappa shape index (κ3) is 12.1. The summed E-state index contributed by atoms with van der Waals surface area (Å²) in [6, 6.07) is 20.6. The molecule has 0 heterocycles. The third-order valence-electron chi connectivity index (χ3n) is 8.13. The van der Waals surface area contributed by atoms with Crippen molar-refractivity contribution in [2.75, 3.05) is 0 Å². The molecule has 2 saturated carbocycles. The summed E-state index contributed by atoms with van der Waals surface area (Å²) in [6.07, 6.45) is 14.2. The van der Waals surface area contributed by atoms with Gasteiger partial charge in [-0.3, -0.25) is 0 Å². The van der Waals surface area contributed by atoms with Crippen LogP contribution in [-0.4, -0.2) is 13.8 Å². The Balaban J connectivity index is 0. The molecule has 0 N–H and O–H groups in total. The summed E-state index contributed by atoms with van der Waals surface area (Å²) >= 11 is 0. The number of allylic oxidation sites excluding steroid dienone is 2. The standard InChI is InChI=1S/C17H34NSi.C16H14.3CH3.Ti/c1-12-13(2)16(15-11-9-8-10-14(12)15)19(6,7)18-17(3,4)5;1-3-9-15(10-4-1)13-7-8-14-16-11-5-2-6-12-16;;;;/h12-16H,8-11H2,1-7H3;1-14H;3*1H3;/q-1;;3*-1;+4/b;13-7+,14-8+;;;;. The molecule has 0 amide bonds. The van der Waals surface area contributed by atoms with Gasteiger partial charge in [-0.1, -0.05) is 166 Å². The van der Waals surface area contributed by atoms with Crippen LogP contribution in [0.4, 0.5) is 0 Å². The van der Waals surface area contributed by atoms with Crippen LogP contribution >= 0.6 is 0 Å². The monoisotopic (exact) mass is 579 g/mol. The van der Waals surface area contributed by atoms with Crippen LogP contribution in [0, 0.1) is 46.0 Å². The Hall–Kier alpha value is -1.19. The second kappa shape index (κ2) is 18.3. The topological polar surface area (TPSA) is 14.1 Å². The zero-order valence-corrected chi connectivity index (χ0v) is 29.3. The average molecular weight is 580 g/mol. The summed E-state index contributed by atoms with van der Waals surface area (Å²) < 4.78 is 0. The molecule has 1 nitrogen and oxygen atoms in total. The zero-order valence-electron chi connectivity index (χ0n) is 26.7. The summed E-state index contributed by atoms with van der Waals surface area (Å²) in [5.41, 5.74) is 3.51. The molecule has 4 rings (SSSR count). The van der Waals surface area contributed by atoms with Crippen LogP contribution in [0.25, 0.3) is 17.1 Å². The van der Waals surface area contributed by atoms with Crippen molar-refractivity contribution < 1.29 is 21.7 Å². The molecule has 5 atom stereocenters. The van der Waals surface area contributed by atoms with E-state index in [0.29, 0.717) is 0 Å². The van der Waals surface area contributed by atoms with Crippen LogP contribution < -0.4 is 0 Å². The minimum atomic E-state index is -1.49. The van der Waals surface area contributed by atoms with Gasteiger partial charge in [0.2, 0.25) is 0 Å². The first-order chi connectivity index (χ1) is 16.6. The molecular formula is C36H57NSiTi. The Kier molecular flexibility index (Phi) is 18.7. The minimum Gasteiger partial charge on any atom is -0.660 e. The molecule has 39 heavy (non-hydrogen) atoms. The van der Waals surface area contributed by atoms with E-state index in [9.17, 15) is 0 Å². The quantitative estimate of drug-likeness (QED) is 0.190. The smallest absolute Gasteiger partial charge is 0.660 e. The summed E-state index contributed by atoms with van der Waals surface area (Å²) in [5.74, 6) is 3.82. The number of hydrogen-bond acceptors (Lipinski definition) is 0. The van der Waals surface area contributed by atoms with Gasteiger partial charge in [0.1, 0.15) is 0 Å². The number of hydrogen-bond donors (Lipinski definition) is 0.